The van der Waals surface area contributed by atoms with E-state index in [1.807, 2.05) is 59.4 Å². The maximum atomic E-state index is 9.74. The van der Waals surface area contributed by atoms with E-state index >= 15 is 0 Å². The van der Waals surface area contributed by atoms with Gasteiger partial charge in [-0.25, -0.2) is 4.68 Å². The van der Waals surface area contributed by atoms with Crippen molar-refractivity contribution in [2.24, 2.45) is 0 Å². The standard InChI is InChI=1S/C23H17N3O/c27-19-13-11-18(12-14-19)26-21-10-5-4-9-20(21)23(25-16-6-15-24-25)22(26)17-7-2-1-3-8-17/h1-16,27H. The minimum Gasteiger partial charge on any atom is -0.508 e. The van der Waals surface area contributed by atoms with E-state index in [2.05, 4.69) is 33.9 Å². The predicted molar refractivity (Wildman–Crippen MR) is 107 cm³/mol. The molecule has 27 heavy (non-hydrogen) atoms. The molecule has 2 heterocycles. The Labute approximate surface area is 156 Å². The molecule has 0 aliphatic carbocycles. The highest BCUT2D eigenvalue weighted by Gasteiger charge is 2.21. The molecule has 0 fully saturated rings. The van der Waals surface area contributed by atoms with Crippen molar-refractivity contribution in [3.05, 3.63) is 97.3 Å². The summed E-state index contributed by atoms with van der Waals surface area (Å²) in [6.07, 6.45) is 3.76. The lowest BCUT2D eigenvalue weighted by Crippen LogP contribution is -2.00. The molecule has 130 valence electrons. The molecule has 0 saturated heterocycles. The Bertz CT molecular complexity index is 1200. The van der Waals surface area contributed by atoms with Crippen LogP contribution in [0.4, 0.5) is 0 Å². The van der Waals surface area contributed by atoms with Crippen LogP contribution in [0.3, 0.4) is 0 Å². The normalized spacial score (nSPS) is 11.1. The van der Waals surface area contributed by atoms with Gasteiger partial charge in [0, 0.05) is 29.0 Å². The third kappa shape index (κ3) is 2.50. The second-order valence-electron chi connectivity index (χ2n) is 6.38. The van der Waals surface area contributed by atoms with Crippen molar-refractivity contribution in [3.63, 3.8) is 0 Å². The summed E-state index contributed by atoms with van der Waals surface area (Å²) in [5, 5.41) is 15.4. The van der Waals surface area contributed by atoms with Crippen molar-refractivity contribution in [2.45, 2.75) is 0 Å². The van der Waals surface area contributed by atoms with Crippen molar-refractivity contribution >= 4 is 10.9 Å². The Morgan fingerprint density at radius 1 is 0.741 bits per heavy atom. The van der Waals surface area contributed by atoms with E-state index in [4.69, 9.17) is 0 Å². The molecule has 5 aromatic rings. The molecule has 0 unspecified atom stereocenters. The fourth-order valence-corrected chi connectivity index (χ4v) is 3.59. The van der Waals surface area contributed by atoms with Gasteiger partial charge in [0.05, 0.1) is 16.9 Å². The van der Waals surface area contributed by atoms with Crippen LogP contribution >= 0.6 is 0 Å². The van der Waals surface area contributed by atoms with Crippen molar-refractivity contribution in [2.75, 3.05) is 0 Å². The van der Waals surface area contributed by atoms with Gasteiger partial charge in [0.15, 0.2) is 0 Å². The summed E-state index contributed by atoms with van der Waals surface area (Å²) in [5.41, 5.74) is 5.28. The van der Waals surface area contributed by atoms with Crippen LogP contribution in [0.2, 0.25) is 0 Å². The van der Waals surface area contributed by atoms with E-state index < -0.39 is 0 Å². The molecule has 0 amide bonds. The number of rotatable bonds is 3. The summed E-state index contributed by atoms with van der Waals surface area (Å²) in [5.74, 6) is 0.253. The maximum absolute atomic E-state index is 9.74. The number of aromatic nitrogens is 3. The van der Waals surface area contributed by atoms with E-state index in [1.54, 1.807) is 18.3 Å². The summed E-state index contributed by atoms with van der Waals surface area (Å²) in [7, 11) is 0. The van der Waals surface area contributed by atoms with Gasteiger partial charge in [-0.1, -0.05) is 48.5 Å². The molecule has 0 saturated carbocycles. The molecule has 0 aliphatic heterocycles. The van der Waals surface area contributed by atoms with Gasteiger partial charge in [0.1, 0.15) is 5.75 Å². The molecule has 0 spiro atoms. The molecule has 4 heteroatoms. The lowest BCUT2D eigenvalue weighted by Gasteiger charge is -2.13. The topological polar surface area (TPSA) is 43.0 Å². The molecular weight excluding hydrogens is 334 g/mol. The Morgan fingerprint density at radius 3 is 2.22 bits per heavy atom. The van der Waals surface area contributed by atoms with E-state index in [0.717, 1.165) is 33.5 Å². The van der Waals surface area contributed by atoms with Crippen molar-refractivity contribution in [1.82, 2.24) is 14.3 Å². The van der Waals surface area contributed by atoms with Crippen LogP contribution in [0.15, 0.2) is 97.3 Å². The fourth-order valence-electron chi connectivity index (χ4n) is 3.59. The first kappa shape index (κ1) is 15.5. The summed E-state index contributed by atoms with van der Waals surface area (Å²) in [6.45, 7) is 0. The van der Waals surface area contributed by atoms with Gasteiger partial charge in [-0.2, -0.15) is 5.10 Å². The highest BCUT2D eigenvalue weighted by atomic mass is 16.3. The molecule has 0 atom stereocenters. The molecule has 5 rings (SSSR count). The van der Waals surface area contributed by atoms with Gasteiger partial charge in [0.2, 0.25) is 0 Å². The molecule has 0 radical (unpaired) electrons. The molecule has 3 aromatic carbocycles. The second kappa shape index (κ2) is 6.18. The Balaban J connectivity index is 1.95. The van der Waals surface area contributed by atoms with Gasteiger partial charge in [-0.15, -0.1) is 0 Å². The molecule has 2 aromatic heterocycles. The zero-order valence-corrected chi connectivity index (χ0v) is 14.5. The number of benzene rings is 3. The van der Waals surface area contributed by atoms with Crippen LogP contribution in [0.5, 0.6) is 5.75 Å². The lowest BCUT2D eigenvalue weighted by atomic mass is 10.1. The van der Waals surface area contributed by atoms with E-state index in [0.29, 0.717) is 0 Å². The van der Waals surface area contributed by atoms with Crippen LogP contribution in [-0.4, -0.2) is 19.5 Å². The quantitative estimate of drug-likeness (QED) is 0.486. The largest absolute Gasteiger partial charge is 0.508 e. The van der Waals surface area contributed by atoms with E-state index in [9.17, 15) is 5.11 Å². The number of hydrogen-bond donors (Lipinski definition) is 1. The van der Waals surface area contributed by atoms with E-state index in [1.165, 1.54) is 0 Å². The van der Waals surface area contributed by atoms with Gasteiger partial charge in [-0.3, -0.25) is 0 Å². The second-order valence-corrected chi connectivity index (χ2v) is 6.38. The molecular formula is C23H17N3O. The average Bonchev–Trinajstić information content (AvgIpc) is 3.35. The molecule has 0 aliphatic rings. The van der Waals surface area contributed by atoms with Crippen molar-refractivity contribution in [1.29, 1.82) is 0 Å². The van der Waals surface area contributed by atoms with Crippen LogP contribution in [0.25, 0.3) is 33.5 Å². The molecule has 0 bridgehead atoms. The molecule has 4 nitrogen and oxygen atoms in total. The van der Waals surface area contributed by atoms with Gasteiger partial charge in [-0.05, 0) is 36.4 Å². The summed E-state index contributed by atoms with van der Waals surface area (Å²) < 4.78 is 4.14. The van der Waals surface area contributed by atoms with Crippen LogP contribution < -0.4 is 0 Å². The third-order valence-corrected chi connectivity index (χ3v) is 4.74. The predicted octanol–water partition coefficient (Wildman–Crippen LogP) is 5.19. The number of fused-ring (bicyclic) bond motifs is 1. The highest BCUT2D eigenvalue weighted by Crippen LogP contribution is 2.38. The first-order valence-corrected chi connectivity index (χ1v) is 8.81. The van der Waals surface area contributed by atoms with Crippen LogP contribution in [0.1, 0.15) is 0 Å². The third-order valence-electron chi connectivity index (χ3n) is 4.74. The number of para-hydroxylation sites is 1. The lowest BCUT2D eigenvalue weighted by molar-refractivity contribution is 0.475. The Hall–Kier alpha value is -3.79. The first-order valence-electron chi connectivity index (χ1n) is 8.81. The highest BCUT2D eigenvalue weighted by molar-refractivity contribution is 5.99. The number of nitrogens with zero attached hydrogens (tertiary/aromatic N) is 3. The zero-order chi connectivity index (χ0) is 18.2. The number of phenols is 1. The van der Waals surface area contributed by atoms with Crippen LogP contribution in [0, 0.1) is 0 Å². The summed E-state index contributed by atoms with van der Waals surface area (Å²) >= 11 is 0. The minimum atomic E-state index is 0.253. The van der Waals surface area contributed by atoms with Crippen LogP contribution in [-0.2, 0) is 0 Å². The van der Waals surface area contributed by atoms with Gasteiger partial charge in [0.25, 0.3) is 0 Å². The minimum absolute atomic E-state index is 0.253. The van der Waals surface area contributed by atoms with Gasteiger partial charge >= 0.3 is 0 Å². The summed E-state index contributed by atoms with van der Waals surface area (Å²) in [4.78, 5) is 0. The first-order chi connectivity index (χ1) is 13.3. The number of phenolic OH excluding ortho intramolecular Hbond substituents is 1. The maximum Gasteiger partial charge on any atom is 0.115 e. The van der Waals surface area contributed by atoms with Crippen molar-refractivity contribution in [3.8, 4) is 28.4 Å². The SMILES string of the molecule is Oc1ccc(-n2c(-c3ccccc3)c(-n3cccn3)c3ccccc32)cc1. The fraction of sp³-hybridized carbons (Fsp3) is 0. The van der Waals surface area contributed by atoms with Crippen molar-refractivity contribution < 1.29 is 5.11 Å². The monoisotopic (exact) mass is 351 g/mol. The zero-order valence-electron chi connectivity index (χ0n) is 14.5. The van der Waals surface area contributed by atoms with E-state index in [-0.39, 0.29) is 5.75 Å². The summed E-state index contributed by atoms with van der Waals surface area (Å²) in [6, 6.07) is 27.9. The Morgan fingerprint density at radius 2 is 1.48 bits per heavy atom. The van der Waals surface area contributed by atoms with Gasteiger partial charge < -0.3 is 9.67 Å². The number of aromatic hydroxyl groups is 1. The average molecular weight is 351 g/mol. The smallest absolute Gasteiger partial charge is 0.115 e. The molecule has 1 N–H and O–H groups in total. The number of hydrogen-bond acceptors (Lipinski definition) is 2. The Kier molecular flexibility index (Phi) is 3.54.